The summed E-state index contributed by atoms with van der Waals surface area (Å²) >= 11 is 0. The molecule has 37 heavy (non-hydrogen) atoms. The van der Waals surface area contributed by atoms with Gasteiger partial charge in [0.2, 0.25) is 11.8 Å². The van der Waals surface area contributed by atoms with E-state index in [4.69, 9.17) is 10.2 Å². The van der Waals surface area contributed by atoms with Crippen LogP contribution in [0.5, 0.6) is 0 Å². The van der Waals surface area contributed by atoms with Crippen LogP contribution in [-0.2, 0) is 28.8 Å². The topological polar surface area (TPSA) is 284 Å². The molecule has 0 aromatic rings. The van der Waals surface area contributed by atoms with Crippen LogP contribution in [0, 0.1) is 0 Å². The number of rotatable bonds is 4. The summed E-state index contributed by atoms with van der Waals surface area (Å²) in [6.45, 7) is 0. The first-order chi connectivity index (χ1) is 16.8. The van der Waals surface area contributed by atoms with E-state index >= 15 is 0 Å². The van der Waals surface area contributed by atoms with E-state index in [-0.39, 0.29) is 60.4 Å². The summed E-state index contributed by atoms with van der Waals surface area (Å²) in [5.41, 5.74) is 0. The third-order valence-corrected chi connectivity index (χ3v) is 4.99. The third-order valence-electron chi connectivity index (χ3n) is 4.99. The van der Waals surface area contributed by atoms with Crippen molar-refractivity contribution in [1.29, 1.82) is 0 Å². The minimum atomic E-state index is -1.25. The van der Waals surface area contributed by atoms with E-state index in [0.29, 0.717) is 38.5 Å². The Kier molecular flexibility index (Phi) is 14.8. The van der Waals surface area contributed by atoms with Crippen molar-refractivity contribution in [3.05, 3.63) is 0 Å². The summed E-state index contributed by atoms with van der Waals surface area (Å²) < 4.78 is 0. The van der Waals surface area contributed by atoms with E-state index in [0.717, 1.165) is 0 Å². The molecule has 4 aliphatic heterocycles. The molecule has 0 spiro atoms. The molecule has 2 amide bonds. The summed E-state index contributed by atoms with van der Waals surface area (Å²) in [4.78, 5) is 67.6. The average molecular weight is 631 g/mol. The maximum Gasteiger partial charge on any atom is 4.00 e. The Morgan fingerprint density at radius 2 is 1.00 bits per heavy atom. The van der Waals surface area contributed by atoms with E-state index in [9.17, 15) is 49.2 Å². The van der Waals surface area contributed by atoms with E-state index in [2.05, 4.69) is 20.6 Å². The van der Waals surface area contributed by atoms with Crippen LogP contribution in [-0.4, -0.2) is 106 Å². The number of hydrogen-bond donors (Lipinski definition) is 4. The van der Waals surface area contributed by atoms with Gasteiger partial charge in [-0.1, -0.05) is 0 Å². The Bertz CT molecular complexity index is 864. The van der Waals surface area contributed by atoms with Crippen LogP contribution < -0.4 is 31.1 Å². The number of carboxylic acid groups (broad SMARTS) is 4. The zero-order valence-electron chi connectivity index (χ0n) is 19.3. The fourth-order valence-electron chi connectivity index (χ4n) is 3.07. The van der Waals surface area contributed by atoms with Crippen LogP contribution >= 0.6 is 0 Å². The van der Waals surface area contributed by atoms with Gasteiger partial charge in [0.15, 0.2) is 0 Å². The van der Waals surface area contributed by atoms with Crippen LogP contribution in [0.1, 0.15) is 51.4 Å². The summed E-state index contributed by atoms with van der Waals surface area (Å²) in [5, 5.41) is 61.8. The van der Waals surface area contributed by atoms with Gasteiger partial charge in [0.25, 0.3) is 0 Å². The molecule has 17 heteroatoms. The molecule has 0 unspecified atom stereocenters. The van der Waals surface area contributed by atoms with Crippen molar-refractivity contribution in [2.24, 2.45) is 9.98 Å². The van der Waals surface area contributed by atoms with Gasteiger partial charge in [0.1, 0.15) is 12.1 Å². The van der Waals surface area contributed by atoms with Crippen LogP contribution in [0.15, 0.2) is 9.98 Å². The minimum Gasteiger partial charge on any atom is -0.862 e. The quantitative estimate of drug-likeness (QED) is 0.211. The Balaban J connectivity index is 0.000000463. The van der Waals surface area contributed by atoms with Gasteiger partial charge < -0.3 is 50.9 Å². The molecule has 4 aliphatic rings. The van der Waals surface area contributed by atoms with Gasteiger partial charge in [0.05, 0.1) is 24.0 Å². The number of carbonyl (C=O) groups is 6. The number of aliphatic carboxylic acids is 4. The molecular formula is C20H24N4O12Sn. The zero-order chi connectivity index (χ0) is 27.4. The van der Waals surface area contributed by atoms with Crippen LogP contribution in [0.3, 0.4) is 0 Å². The van der Waals surface area contributed by atoms with Gasteiger partial charge in [-0.05, 0) is 50.3 Å². The van der Waals surface area contributed by atoms with Gasteiger partial charge in [-0.25, -0.2) is 9.59 Å². The number of nitrogens with one attached hydrogen (secondary N) is 2. The van der Waals surface area contributed by atoms with Crippen molar-refractivity contribution in [2.45, 2.75) is 75.5 Å². The average Bonchev–Trinajstić information content (AvgIpc) is 3.58. The number of nitrogens with zero attached hydrogens (tertiary/aromatic N) is 2. The summed E-state index contributed by atoms with van der Waals surface area (Å²) in [6.07, 6.45) is 2.65. The van der Waals surface area contributed by atoms with Crippen molar-refractivity contribution in [3.63, 3.8) is 0 Å². The Hall–Kier alpha value is -3.44. The molecule has 2 saturated heterocycles. The molecule has 16 nitrogen and oxygen atoms in total. The van der Waals surface area contributed by atoms with Gasteiger partial charge in [0, 0.05) is 12.8 Å². The van der Waals surface area contributed by atoms with E-state index < -0.39 is 48.0 Å². The molecule has 0 aliphatic carbocycles. The second-order valence-corrected chi connectivity index (χ2v) is 7.79. The molecule has 4 rings (SSSR count). The Labute approximate surface area is 226 Å². The maximum absolute atomic E-state index is 10.4. The van der Waals surface area contributed by atoms with Crippen LogP contribution in [0.25, 0.3) is 0 Å². The fourth-order valence-corrected chi connectivity index (χ4v) is 3.07. The van der Waals surface area contributed by atoms with E-state index in [1.165, 1.54) is 0 Å². The van der Waals surface area contributed by atoms with Crippen LogP contribution in [0.4, 0.5) is 0 Å². The first-order valence-electron chi connectivity index (χ1n) is 10.7. The normalized spacial score (nSPS) is 25.1. The van der Waals surface area contributed by atoms with Crippen molar-refractivity contribution >= 4 is 71.4 Å². The number of aliphatic imine (C=N–C) groups is 2. The van der Waals surface area contributed by atoms with E-state index in [1.807, 2.05) is 0 Å². The van der Waals surface area contributed by atoms with Gasteiger partial charge in [-0.15, -0.1) is 0 Å². The smallest absolute Gasteiger partial charge is 0.862 e. The Morgan fingerprint density at radius 3 is 1.11 bits per heavy atom. The van der Waals surface area contributed by atoms with Gasteiger partial charge >= 0.3 is 35.8 Å². The third kappa shape index (κ3) is 12.9. The molecule has 0 radical (unpaired) electrons. The van der Waals surface area contributed by atoms with Crippen molar-refractivity contribution in [3.8, 4) is 0 Å². The second kappa shape index (κ2) is 16.3. The first kappa shape index (κ1) is 33.6. The second-order valence-electron chi connectivity index (χ2n) is 7.79. The van der Waals surface area contributed by atoms with Crippen molar-refractivity contribution < 1.29 is 59.4 Å². The molecule has 0 bridgehead atoms. The summed E-state index contributed by atoms with van der Waals surface area (Å²) in [6, 6.07) is -3.04. The minimum absolute atomic E-state index is 0. The summed E-state index contributed by atoms with van der Waals surface area (Å²) in [7, 11) is 0. The monoisotopic (exact) mass is 632 g/mol. The number of hydrogen-bond acceptors (Lipinski definition) is 12. The fraction of sp³-hybridized carbons (Fsp3) is 0.600. The number of amides is 2. The van der Waals surface area contributed by atoms with Crippen LogP contribution in [0.2, 0.25) is 0 Å². The molecule has 0 saturated carbocycles. The molecule has 4 atom stereocenters. The molecule has 4 heterocycles. The largest absolute Gasteiger partial charge is 4.00 e. The molecule has 2 fully saturated rings. The first-order valence-corrected chi connectivity index (χ1v) is 10.7. The molecule has 200 valence electrons. The summed E-state index contributed by atoms with van der Waals surface area (Å²) in [5.74, 6) is -5.37. The molecular weight excluding hydrogens is 607 g/mol. The molecule has 4 N–H and O–H groups in total. The maximum atomic E-state index is 10.4. The zero-order valence-corrected chi connectivity index (χ0v) is 22.2. The van der Waals surface area contributed by atoms with Crippen molar-refractivity contribution in [1.82, 2.24) is 10.6 Å². The number of carbonyl (C=O) groups excluding carboxylic acids is 4. The van der Waals surface area contributed by atoms with E-state index in [1.54, 1.807) is 0 Å². The Morgan fingerprint density at radius 1 is 0.676 bits per heavy atom. The van der Waals surface area contributed by atoms with Gasteiger partial charge in [-0.2, -0.15) is 0 Å². The predicted molar refractivity (Wildman–Crippen MR) is 114 cm³/mol. The molecule has 0 aromatic heterocycles. The van der Waals surface area contributed by atoms with Crippen molar-refractivity contribution in [2.75, 3.05) is 0 Å². The number of carboxylic acids is 4. The molecule has 0 aromatic carbocycles. The van der Waals surface area contributed by atoms with Gasteiger partial charge in [-0.3, -0.25) is 19.6 Å². The standard InChI is InChI=1S/4C5H7NO3.Sn/c4*7-4-2-1-3(6-4)5(8)9;/h4*3H,1-2H2,(H,6,7)(H,8,9);/q;;;;+4/p-4/t4*3-;/m1111./s1. The SMILES string of the molecule is O=C([O-])[C@H]1CCC([O-])=N1.O=C([O-])[C@H]1CCC([O-])=N1.O=C1CC[C@H](C(=O)O)N1.O=C1CC[C@H](C(=O)O)N1.[Sn+4]. The predicted octanol–water partition coefficient (Wildman–Crippen LogP) is -6.37.